The summed E-state index contributed by atoms with van der Waals surface area (Å²) in [4.78, 5) is 0. The van der Waals surface area contributed by atoms with Crippen LogP contribution in [0.25, 0.3) is 0 Å². The zero-order valence-electron chi connectivity index (χ0n) is 33.2. The highest BCUT2D eigenvalue weighted by molar-refractivity contribution is 5.64. The van der Waals surface area contributed by atoms with Crippen LogP contribution in [0.3, 0.4) is 0 Å². The molecule has 6 rings (SSSR count). The third-order valence-electron chi connectivity index (χ3n) is 9.36. The highest BCUT2D eigenvalue weighted by atomic mass is 16.6. The van der Waals surface area contributed by atoms with Gasteiger partial charge in [-0.05, 0) is 76.2 Å². The Hall–Kier alpha value is -4.88. The van der Waals surface area contributed by atoms with Crippen molar-refractivity contribution in [1.29, 1.82) is 0 Å². The van der Waals surface area contributed by atoms with Crippen molar-refractivity contribution < 1.29 is 37.9 Å². The van der Waals surface area contributed by atoms with E-state index in [0.29, 0.717) is 126 Å². The fraction of sp³-hybridized carbons (Fsp3) is 0.455. The van der Waals surface area contributed by atoms with E-state index in [0.717, 1.165) is 56.0 Å². The third kappa shape index (κ3) is 10.9. The van der Waals surface area contributed by atoms with E-state index in [-0.39, 0.29) is 12.2 Å². The Bertz CT molecular complexity index is 1710. The van der Waals surface area contributed by atoms with E-state index in [4.69, 9.17) is 60.8 Å². The van der Waals surface area contributed by atoms with Crippen molar-refractivity contribution in [2.45, 2.75) is 65.6 Å². The molecule has 12 heteroatoms. The van der Waals surface area contributed by atoms with Crippen molar-refractivity contribution in [1.82, 2.24) is 0 Å². The number of hydrogen-bond donors (Lipinski definition) is 4. The molecule has 1 heterocycles. The minimum atomic E-state index is -0.117. The van der Waals surface area contributed by atoms with Crippen molar-refractivity contribution in [3.63, 3.8) is 0 Å². The number of nitrogen functional groups attached to an aromatic ring is 4. The topological polar surface area (TPSA) is 178 Å². The predicted molar refractivity (Wildman–Crippen MR) is 220 cm³/mol. The molecular weight excluding hydrogens is 713 g/mol. The molecule has 0 atom stereocenters. The Morgan fingerprint density at radius 1 is 0.375 bits per heavy atom. The van der Waals surface area contributed by atoms with E-state index in [1.165, 1.54) is 0 Å². The van der Waals surface area contributed by atoms with E-state index in [2.05, 4.69) is 0 Å². The van der Waals surface area contributed by atoms with Crippen LogP contribution in [-0.4, -0.2) is 78.3 Å². The molecule has 2 aliphatic rings. The first-order chi connectivity index (χ1) is 27.0. The maximum atomic E-state index is 6.69. The Balaban J connectivity index is 1.58. The summed E-state index contributed by atoms with van der Waals surface area (Å²) in [6.45, 7) is 12.1. The molecule has 0 aromatic heterocycles. The van der Waals surface area contributed by atoms with Crippen LogP contribution in [0.4, 0.5) is 22.7 Å². The molecule has 8 N–H and O–H groups in total. The summed E-state index contributed by atoms with van der Waals surface area (Å²) < 4.78 is 49.8. The first-order valence-corrected chi connectivity index (χ1v) is 19.6. The maximum Gasteiger partial charge on any atom is 0.126 e. The van der Waals surface area contributed by atoms with Gasteiger partial charge in [0, 0.05) is 92.9 Å². The Morgan fingerprint density at radius 3 is 0.857 bits per heavy atom. The second kappa shape index (κ2) is 19.3. The molecule has 4 aromatic carbocycles. The molecule has 0 radical (unpaired) electrons. The molecule has 4 aromatic rings. The third-order valence-corrected chi connectivity index (χ3v) is 9.36. The maximum absolute atomic E-state index is 6.69. The number of rotatable bonds is 4. The number of fused-ring (bicyclic) bond motifs is 2. The first kappa shape index (κ1) is 40.8. The number of nitrogens with two attached hydrogens (primary N) is 4. The molecule has 0 unspecified atom stereocenters. The van der Waals surface area contributed by atoms with Gasteiger partial charge in [-0.25, -0.2) is 0 Å². The number of benzene rings is 4. The molecule has 302 valence electrons. The molecule has 0 amide bonds. The summed E-state index contributed by atoms with van der Waals surface area (Å²) in [6.07, 6.45) is 1.51. The second-order valence-electron chi connectivity index (χ2n) is 14.9. The van der Waals surface area contributed by atoms with Gasteiger partial charge in [0.05, 0.1) is 65.1 Å². The quantitative estimate of drug-likeness (QED) is 0.155. The molecule has 0 saturated carbocycles. The minimum Gasteiger partial charge on any atom is -0.491 e. The second-order valence-corrected chi connectivity index (χ2v) is 14.9. The van der Waals surface area contributed by atoms with Gasteiger partial charge in [0.25, 0.3) is 0 Å². The van der Waals surface area contributed by atoms with Crippen molar-refractivity contribution in [2.75, 3.05) is 89.0 Å². The van der Waals surface area contributed by atoms with Gasteiger partial charge in [-0.15, -0.1) is 0 Å². The van der Waals surface area contributed by atoms with Crippen LogP contribution in [0.1, 0.15) is 72.2 Å². The monoisotopic (exact) mass is 770 g/mol. The zero-order valence-corrected chi connectivity index (χ0v) is 33.2. The van der Waals surface area contributed by atoms with Crippen molar-refractivity contribution >= 4 is 22.7 Å². The Kier molecular flexibility index (Phi) is 14.1. The van der Waals surface area contributed by atoms with Crippen LogP contribution < -0.4 is 41.9 Å². The fourth-order valence-corrected chi connectivity index (χ4v) is 7.31. The molecule has 10 bridgehead atoms. The SMILES string of the molecule is CC(C)Oc1c2cc(N)cc1Cc1cc(N)cc3c1OCCOCCOCCOCCOCCOc1c(cc(N)cc1Cc1cc(N)cc(c1OC(C)C)C3)C2. The summed E-state index contributed by atoms with van der Waals surface area (Å²) in [5.41, 5.74) is 36.3. The van der Waals surface area contributed by atoms with Gasteiger partial charge in [-0.2, -0.15) is 0 Å². The van der Waals surface area contributed by atoms with Crippen LogP contribution in [0.15, 0.2) is 48.5 Å². The standard InChI is InChI=1S/C44H58N4O8/c1-27(2)55-43-33-15-29-19-37(45)21-31-17-35-25-40(48)26-36(44(35)56-28(3)4)18-32-22-38(46)20-30(16-34(43)24-39(47)23-33)42(32)54-14-12-52-10-8-50-6-5-49-7-9-51-11-13-53-41(29)31/h19-28H,5-18,45-48H2,1-4H3. The average molecular weight is 771 g/mol. The van der Waals surface area contributed by atoms with Crippen LogP contribution in [-0.2, 0) is 44.6 Å². The molecule has 56 heavy (non-hydrogen) atoms. The van der Waals surface area contributed by atoms with Gasteiger partial charge in [0.2, 0.25) is 0 Å². The van der Waals surface area contributed by atoms with E-state index in [1.807, 2.05) is 76.2 Å². The smallest absolute Gasteiger partial charge is 0.126 e. The summed E-state index contributed by atoms with van der Waals surface area (Å²) in [5.74, 6) is 2.91. The number of anilines is 4. The van der Waals surface area contributed by atoms with Crippen molar-refractivity contribution in [3.05, 3.63) is 93.0 Å². The molecule has 0 fully saturated rings. The lowest BCUT2D eigenvalue weighted by atomic mass is 9.90. The minimum absolute atomic E-state index is 0.117. The zero-order chi connectivity index (χ0) is 39.6. The summed E-state index contributed by atoms with van der Waals surface area (Å²) in [7, 11) is 0. The van der Waals surface area contributed by atoms with Gasteiger partial charge in [0.1, 0.15) is 36.2 Å². The summed E-state index contributed by atoms with van der Waals surface area (Å²) in [6, 6.07) is 15.7. The van der Waals surface area contributed by atoms with Gasteiger partial charge >= 0.3 is 0 Å². The number of ether oxygens (including phenoxy) is 8. The number of hydrogen-bond acceptors (Lipinski definition) is 12. The van der Waals surface area contributed by atoms with E-state index in [9.17, 15) is 0 Å². The molecule has 0 spiro atoms. The normalized spacial score (nSPS) is 16.2. The van der Waals surface area contributed by atoms with Gasteiger partial charge in [0.15, 0.2) is 0 Å². The molecule has 0 saturated heterocycles. The first-order valence-electron chi connectivity index (χ1n) is 19.6. The lowest BCUT2D eigenvalue weighted by molar-refractivity contribution is -0.00706. The lowest BCUT2D eigenvalue weighted by Gasteiger charge is -2.25. The van der Waals surface area contributed by atoms with Gasteiger partial charge in [-0.1, -0.05) is 0 Å². The highest BCUT2D eigenvalue weighted by Gasteiger charge is 2.24. The summed E-state index contributed by atoms with van der Waals surface area (Å²) in [5, 5.41) is 0. The largest absolute Gasteiger partial charge is 0.491 e. The summed E-state index contributed by atoms with van der Waals surface area (Å²) >= 11 is 0. The van der Waals surface area contributed by atoms with Crippen molar-refractivity contribution in [2.24, 2.45) is 0 Å². The van der Waals surface area contributed by atoms with Crippen LogP contribution in [0, 0.1) is 0 Å². The van der Waals surface area contributed by atoms with Gasteiger partial charge < -0.3 is 60.8 Å². The molecule has 12 nitrogen and oxygen atoms in total. The Morgan fingerprint density at radius 2 is 0.607 bits per heavy atom. The van der Waals surface area contributed by atoms with Crippen LogP contribution in [0.2, 0.25) is 0 Å². The fourth-order valence-electron chi connectivity index (χ4n) is 7.31. The molecule has 1 aliphatic carbocycles. The van der Waals surface area contributed by atoms with Crippen LogP contribution >= 0.6 is 0 Å². The van der Waals surface area contributed by atoms with E-state index in [1.54, 1.807) is 0 Å². The van der Waals surface area contributed by atoms with Crippen LogP contribution in [0.5, 0.6) is 23.0 Å². The van der Waals surface area contributed by atoms with E-state index < -0.39 is 0 Å². The lowest BCUT2D eigenvalue weighted by Crippen LogP contribution is -2.15. The average Bonchev–Trinajstić information content (AvgIpc) is 3.11. The molecule has 1 aliphatic heterocycles. The van der Waals surface area contributed by atoms with Gasteiger partial charge in [-0.3, -0.25) is 0 Å². The highest BCUT2D eigenvalue weighted by Crippen LogP contribution is 2.42. The van der Waals surface area contributed by atoms with E-state index >= 15 is 0 Å². The van der Waals surface area contributed by atoms with Crippen molar-refractivity contribution in [3.8, 4) is 23.0 Å². The predicted octanol–water partition coefficient (Wildman–Crippen LogP) is 6.10. The Labute approximate surface area is 330 Å². The molecular formula is C44H58N4O8.